The number of benzene rings is 3. The minimum absolute atomic E-state index is 0.0230. The average Bonchev–Trinajstić information content (AvgIpc) is 2.91. The molecule has 1 atom stereocenters. The fourth-order valence-electron chi connectivity index (χ4n) is 3.89. The first kappa shape index (κ1) is 30.3. The Balaban J connectivity index is 2.06. The molecule has 3 aromatic rings. The molecule has 39 heavy (non-hydrogen) atoms. The van der Waals surface area contributed by atoms with Gasteiger partial charge in [0.25, 0.3) is 10.0 Å². The number of hydrogen-bond donors (Lipinski definition) is 1. The molecule has 0 heterocycles. The summed E-state index contributed by atoms with van der Waals surface area (Å²) in [6, 6.07) is 16.7. The van der Waals surface area contributed by atoms with Crippen LogP contribution in [0, 0.1) is 6.92 Å². The third-order valence-corrected chi connectivity index (χ3v) is 8.62. The van der Waals surface area contributed by atoms with E-state index in [4.69, 9.17) is 27.9 Å². The van der Waals surface area contributed by atoms with Crippen LogP contribution in [0.25, 0.3) is 0 Å². The molecule has 0 aliphatic carbocycles. The Morgan fingerprint density at radius 2 is 1.56 bits per heavy atom. The van der Waals surface area contributed by atoms with Crippen molar-refractivity contribution in [2.24, 2.45) is 0 Å². The molecule has 208 valence electrons. The predicted octanol–water partition coefficient (Wildman–Crippen LogP) is 5.06. The summed E-state index contributed by atoms with van der Waals surface area (Å²) in [5, 5.41) is 3.17. The first-order valence-electron chi connectivity index (χ1n) is 12.3. The highest BCUT2D eigenvalue weighted by molar-refractivity contribution is 7.92. The number of sulfonamides is 1. The number of carbonyl (C=O) groups is 2. The summed E-state index contributed by atoms with van der Waals surface area (Å²) in [6.45, 7) is 5.01. The number of nitrogens with zero attached hydrogens (tertiary/aromatic N) is 2. The van der Waals surface area contributed by atoms with Crippen LogP contribution in [-0.4, -0.2) is 51.4 Å². The molecule has 0 aliphatic rings. The zero-order valence-corrected chi connectivity index (χ0v) is 24.5. The Kier molecular flexibility index (Phi) is 10.2. The maximum Gasteiger partial charge on any atom is 0.264 e. The van der Waals surface area contributed by atoms with Crippen molar-refractivity contribution < 1.29 is 22.7 Å². The minimum Gasteiger partial charge on any atom is -0.494 e. The summed E-state index contributed by atoms with van der Waals surface area (Å²) in [5.41, 5.74) is 1.59. The summed E-state index contributed by atoms with van der Waals surface area (Å²) >= 11 is 12.7. The largest absolute Gasteiger partial charge is 0.494 e. The third-order valence-electron chi connectivity index (χ3n) is 6.13. The maximum atomic E-state index is 13.8. The van der Waals surface area contributed by atoms with Crippen LogP contribution in [0.4, 0.5) is 5.69 Å². The number of aryl methyl sites for hydroxylation is 1. The monoisotopic (exact) mass is 591 g/mol. The molecule has 3 aromatic carbocycles. The van der Waals surface area contributed by atoms with Crippen molar-refractivity contribution in [3.8, 4) is 5.75 Å². The van der Waals surface area contributed by atoms with Crippen molar-refractivity contribution in [3.05, 3.63) is 87.9 Å². The predicted molar refractivity (Wildman–Crippen MR) is 154 cm³/mol. The van der Waals surface area contributed by atoms with Crippen LogP contribution in [0.2, 0.25) is 10.0 Å². The average molecular weight is 593 g/mol. The molecule has 0 fully saturated rings. The van der Waals surface area contributed by atoms with Crippen molar-refractivity contribution in [2.75, 3.05) is 24.5 Å². The summed E-state index contributed by atoms with van der Waals surface area (Å²) in [5.74, 6) is -0.490. The lowest BCUT2D eigenvalue weighted by atomic mass is 10.1. The fourth-order valence-corrected chi connectivity index (χ4v) is 5.82. The number of carbonyl (C=O) groups excluding carboxylic acids is 2. The quantitative estimate of drug-likeness (QED) is 0.336. The third kappa shape index (κ3) is 7.23. The van der Waals surface area contributed by atoms with Crippen LogP contribution >= 0.6 is 23.2 Å². The van der Waals surface area contributed by atoms with E-state index in [1.165, 1.54) is 24.1 Å². The summed E-state index contributed by atoms with van der Waals surface area (Å²) < 4.78 is 34.2. The molecule has 0 spiro atoms. The van der Waals surface area contributed by atoms with Gasteiger partial charge in [-0.1, -0.05) is 47.0 Å². The van der Waals surface area contributed by atoms with Crippen LogP contribution in [-0.2, 0) is 26.2 Å². The molecule has 0 saturated carbocycles. The van der Waals surface area contributed by atoms with Gasteiger partial charge in [0.1, 0.15) is 18.3 Å². The lowest BCUT2D eigenvalue weighted by molar-refractivity contribution is -0.139. The highest BCUT2D eigenvalue weighted by Gasteiger charge is 2.33. The molecule has 0 bridgehead atoms. The Labute approximate surface area is 239 Å². The topological polar surface area (TPSA) is 96.0 Å². The van der Waals surface area contributed by atoms with Crippen LogP contribution in [0.5, 0.6) is 5.75 Å². The SMILES string of the molecule is CCOc1ccc(N(CC(=O)N(Cc2c(Cl)cccc2Cl)C(C)C(=O)NC)S(=O)(=O)c2ccc(C)cc2)cc1. The number of anilines is 1. The lowest BCUT2D eigenvalue weighted by Crippen LogP contribution is -2.50. The van der Waals surface area contributed by atoms with Crippen molar-refractivity contribution in [1.29, 1.82) is 0 Å². The number of rotatable bonds is 11. The second-order valence-electron chi connectivity index (χ2n) is 8.76. The molecular formula is C28H31Cl2N3O5S. The van der Waals surface area contributed by atoms with E-state index in [0.29, 0.717) is 28.0 Å². The van der Waals surface area contributed by atoms with E-state index < -0.39 is 34.4 Å². The molecule has 2 amide bonds. The Bertz CT molecular complexity index is 1390. The molecule has 0 aromatic heterocycles. The fraction of sp³-hybridized carbons (Fsp3) is 0.286. The summed E-state index contributed by atoms with van der Waals surface area (Å²) in [4.78, 5) is 27.7. The molecule has 1 unspecified atom stereocenters. The number of halogens is 2. The molecule has 11 heteroatoms. The van der Waals surface area contributed by atoms with E-state index in [9.17, 15) is 18.0 Å². The van der Waals surface area contributed by atoms with Gasteiger partial charge >= 0.3 is 0 Å². The van der Waals surface area contributed by atoms with Crippen LogP contribution in [0.3, 0.4) is 0 Å². The Morgan fingerprint density at radius 1 is 0.974 bits per heavy atom. The molecule has 0 saturated heterocycles. The number of hydrogen-bond acceptors (Lipinski definition) is 5. The summed E-state index contributed by atoms with van der Waals surface area (Å²) in [6.07, 6.45) is 0. The van der Waals surface area contributed by atoms with Crippen molar-refractivity contribution in [1.82, 2.24) is 10.2 Å². The van der Waals surface area contributed by atoms with Gasteiger partial charge in [-0.25, -0.2) is 8.42 Å². The normalized spacial score (nSPS) is 11.9. The number of likely N-dealkylation sites (N-methyl/N-ethyl adjacent to an activating group) is 1. The van der Waals surface area contributed by atoms with Crippen molar-refractivity contribution >= 4 is 50.7 Å². The van der Waals surface area contributed by atoms with Crippen LogP contribution in [0.1, 0.15) is 25.0 Å². The van der Waals surface area contributed by atoms with Gasteiger partial charge in [0.2, 0.25) is 11.8 Å². The van der Waals surface area contributed by atoms with Gasteiger partial charge in [0.05, 0.1) is 17.2 Å². The Hall–Kier alpha value is -3.27. The zero-order chi connectivity index (χ0) is 28.7. The van der Waals surface area contributed by atoms with E-state index in [1.54, 1.807) is 61.5 Å². The number of ether oxygens (including phenoxy) is 1. The first-order valence-corrected chi connectivity index (χ1v) is 14.4. The number of nitrogens with one attached hydrogen (secondary N) is 1. The van der Waals surface area contributed by atoms with E-state index in [-0.39, 0.29) is 17.1 Å². The highest BCUT2D eigenvalue weighted by atomic mass is 35.5. The standard InChI is InChI=1S/C28H31Cl2N3O5S/c1-5-38-22-13-11-21(12-14-22)33(39(36,37)23-15-9-19(2)10-16-23)18-27(34)32(20(3)28(35)31-4)17-24-25(29)7-6-8-26(24)30/h6-16,20H,5,17-18H2,1-4H3,(H,31,35). The van der Waals surface area contributed by atoms with Crippen LogP contribution < -0.4 is 14.4 Å². The minimum atomic E-state index is -4.17. The van der Waals surface area contributed by atoms with Gasteiger partial charge in [-0.2, -0.15) is 0 Å². The molecular weight excluding hydrogens is 561 g/mol. The van der Waals surface area contributed by atoms with Gasteiger partial charge < -0.3 is 15.0 Å². The van der Waals surface area contributed by atoms with Gasteiger partial charge in [-0.05, 0) is 69.3 Å². The van der Waals surface area contributed by atoms with Crippen molar-refractivity contribution in [2.45, 2.75) is 38.3 Å². The van der Waals surface area contributed by atoms with E-state index in [0.717, 1.165) is 9.87 Å². The maximum absolute atomic E-state index is 13.8. The van der Waals surface area contributed by atoms with Crippen LogP contribution in [0.15, 0.2) is 71.6 Å². The summed E-state index contributed by atoms with van der Waals surface area (Å²) in [7, 11) is -2.72. The van der Waals surface area contributed by atoms with Gasteiger partial charge in [-0.15, -0.1) is 0 Å². The molecule has 8 nitrogen and oxygen atoms in total. The smallest absolute Gasteiger partial charge is 0.264 e. The first-order chi connectivity index (χ1) is 18.5. The molecule has 3 rings (SSSR count). The van der Waals surface area contributed by atoms with Crippen molar-refractivity contribution in [3.63, 3.8) is 0 Å². The van der Waals surface area contributed by atoms with Gasteiger partial charge in [-0.3, -0.25) is 13.9 Å². The second-order valence-corrected chi connectivity index (χ2v) is 11.4. The molecule has 0 aliphatic heterocycles. The number of amides is 2. The lowest BCUT2D eigenvalue weighted by Gasteiger charge is -2.32. The van der Waals surface area contributed by atoms with Gasteiger partial charge in [0, 0.05) is 29.2 Å². The Morgan fingerprint density at radius 3 is 2.10 bits per heavy atom. The zero-order valence-electron chi connectivity index (χ0n) is 22.1. The van der Waals surface area contributed by atoms with E-state index in [2.05, 4.69) is 5.32 Å². The highest BCUT2D eigenvalue weighted by Crippen LogP contribution is 2.29. The van der Waals surface area contributed by atoms with Gasteiger partial charge in [0.15, 0.2) is 0 Å². The second kappa shape index (κ2) is 13.2. The molecule has 1 N–H and O–H groups in total. The van der Waals surface area contributed by atoms with E-state index >= 15 is 0 Å². The van der Waals surface area contributed by atoms with E-state index in [1.807, 2.05) is 13.8 Å². The molecule has 0 radical (unpaired) electrons.